The van der Waals surface area contributed by atoms with Gasteiger partial charge in [0, 0.05) is 18.2 Å². The number of nitrogen functional groups attached to an aromatic ring is 1. The van der Waals surface area contributed by atoms with Crippen LogP contribution in [0.3, 0.4) is 0 Å². The van der Waals surface area contributed by atoms with Crippen molar-refractivity contribution in [3.8, 4) is 0 Å². The molecule has 2 saturated heterocycles. The molecule has 2 unspecified atom stereocenters. The maximum absolute atomic E-state index is 11.2. The van der Waals surface area contributed by atoms with Crippen LogP contribution < -0.4 is 16.2 Å². The van der Waals surface area contributed by atoms with Gasteiger partial charge in [-0.2, -0.15) is 0 Å². The fourth-order valence-corrected chi connectivity index (χ4v) is 3.35. The minimum Gasteiger partial charge on any atom is -0.393 e. The van der Waals surface area contributed by atoms with Gasteiger partial charge in [0.05, 0.1) is 11.0 Å². The van der Waals surface area contributed by atoms with Crippen LogP contribution in [-0.4, -0.2) is 33.2 Å². The molecule has 108 valence electrons. The van der Waals surface area contributed by atoms with Crippen molar-refractivity contribution in [3.05, 3.63) is 22.2 Å². The molecule has 3 rings (SSSR count). The van der Waals surface area contributed by atoms with Gasteiger partial charge in [-0.25, -0.2) is 10.8 Å². The zero-order chi connectivity index (χ0) is 14.3. The van der Waals surface area contributed by atoms with Crippen molar-refractivity contribution in [2.75, 3.05) is 10.3 Å². The van der Waals surface area contributed by atoms with Crippen molar-refractivity contribution >= 4 is 17.3 Å². The highest BCUT2D eigenvalue weighted by molar-refractivity contribution is 5.63. The van der Waals surface area contributed by atoms with E-state index in [0.29, 0.717) is 24.5 Å². The van der Waals surface area contributed by atoms with E-state index in [9.17, 15) is 15.2 Å². The molecule has 2 aliphatic rings. The van der Waals surface area contributed by atoms with Gasteiger partial charge in [-0.3, -0.25) is 10.1 Å². The van der Waals surface area contributed by atoms with Gasteiger partial charge >= 0.3 is 5.69 Å². The molecular formula is C12H17N5O3. The zero-order valence-electron chi connectivity index (χ0n) is 10.9. The number of aromatic nitrogens is 1. The molecule has 2 atom stereocenters. The number of nitrogens with two attached hydrogens (primary N) is 1. The Morgan fingerprint density at radius 2 is 2.05 bits per heavy atom. The quantitative estimate of drug-likeness (QED) is 0.425. The summed E-state index contributed by atoms with van der Waals surface area (Å²) in [6, 6.07) is 3.13. The minimum atomic E-state index is -0.424. The summed E-state index contributed by atoms with van der Waals surface area (Å²) in [6.07, 6.45) is 2.81. The van der Waals surface area contributed by atoms with Crippen LogP contribution in [0.4, 0.5) is 17.3 Å². The molecule has 0 aromatic carbocycles. The van der Waals surface area contributed by atoms with Crippen molar-refractivity contribution in [2.24, 2.45) is 5.84 Å². The highest BCUT2D eigenvalue weighted by Gasteiger charge is 2.43. The lowest BCUT2D eigenvalue weighted by molar-refractivity contribution is -0.384. The SMILES string of the molecule is NNc1ccc([N+](=O)[O-])c(N2C3CCC2CC(O)C3)n1. The van der Waals surface area contributed by atoms with Crippen LogP contribution in [0, 0.1) is 10.1 Å². The summed E-state index contributed by atoms with van der Waals surface area (Å²) >= 11 is 0. The third-order valence-corrected chi connectivity index (χ3v) is 4.15. The van der Waals surface area contributed by atoms with E-state index in [4.69, 9.17) is 5.84 Å². The van der Waals surface area contributed by atoms with E-state index >= 15 is 0 Å². The monoisotopic (exact) mass is 279 g/mol. The van der Waals surface area contributed by atoms with Crippen LogP contribution in [0.15, 0.2) is 12.1 Å². The van der Waals surface area contributed by atoms with Gasteiger partial charge in [0.2, 0.25) is 5.82 Å². The molecule has 2 aliphatic heterocycles. The Labute approximate surface area is 115 Å². The van der Waals surface area contributed by atoms with Gasteiger partial charge in [-0.15, -0.1) is 0 Å². The largest absolute Gasteiger partial charge is 0.393 e. The van der Waals surface area contributed by atoms with E-state index in [2.05, 4.69) is 10.4 Å². The molecule has 4 N–H and O–H groups in total. The lowest BCUT2D eigenvalue weighted by atomic mass is 10.00. The molecule has 3 heterocycles. The summed E-state index contributed by atoms with van der Waals surface area (Å²) in [6.45, 7) is 0. The van der Waals surface area contributed by atoms with Crippen LogP contribution in [-0.2, 0) is 0 Å². The summed E-state index contributed by atoms with van der Waals surface area (Å²) < 4.78 is 0. The van der Waals surface area contributed by atoms with Crippen molar-refractivity contribution in [2.45, 2.75) is 43.9 Å². The third kappa shape index (κ3) is 2.06. The molecule has 20 heavy (non-hydrogen) atoms. The van der Waals surface area contributed by atoms with Gasteiger partial charge in [-0.1, -0.05) is 0 Å². The Bertz CT molecular complexity index is 524. The molecule has 1 aromatic rings. The molecule has 2 bridgehead atoms. The summed E-state index contributed by atoms with van der Waals surface area (Å²) in [4.78, 5) is 17.0. The summed E-state index contributed by atoms with van der Waals surface area (Å²) in [5.74, 6) is 6.09. The second-order valence-electron chi connectivity index (χ2n) is 5.36. The molecule has 0 spiro atoms. The van der Waals surface area contributed by atoms with E-state index in [1.165, 1.54) is 12.1 Å². The number of hydrazine groups is 1. The Morgan fingerprint density at radius 3 is 2.60 bits per heavy atom. The van der Waals surface area contributed by atoms with Crippen molar-refractivity contribution in [3.63, 3.8) is 0 Å². The lowest BCUT2D eigenvalue weighted by Crippen LogP contribution is -2.45. The summed E-state index contributed by atoms with van der Waals surface area (Å²) in [5.41, 5.74) is 2.41. The van der Waals surface area contributed by atoms with E-state index in [1.54, 1.807) is 0 Å². The number of aliphatic hydroxyl groups is 1. The predicted octanol–water partition coefficient (Wildman–Crippen LogP) is 0.768. The van der Waals surface area contributed by atoms with Crippen molar-refractivity contribution in [1.82, 2.24) is 4.98 Å². The van der Waals surface area contributed by atoms with Crippen molar-refractivity contribution in [1.29, 1.82) is 0 Å². The van der Waals surface area contributed by atoms with Crippen LogP contribution >= 0.6 is 0 Å². The Kier molecular flexibility index (Phi) is 3.19. The number of aliphatic hydroxyl groups excluding tert-OH is 1. The number of nitro groups is 1. The number of nitrogens with one attached hydrogen (secondary N) is 1. The summed E-state index contributed by atoms with van der Waals surface area (Å²) in [5, 5.41) is 21.0. The Hall–Kier alpha value is -1.93. The number of pyridine rings is 1. The fourth-order valence-electron chi connectivity index (χ4n) is 3.35. The molecule has 0 aliphatic carbocycles. The van der Waals surface area contributed by atoms with E-state index in [-0.39, 0.29) is 23.9 Å². The second-order valence-corrected chi connectivity index (χ2v) is 5.36. The Morgan fingerprint density at radius 1 is 1.40 bits per heavy atom. The topological polar surface area (TPSA) is 118 Å². The molecule has 8 nitrogen and oxygen atoms in total. The van der Waals surface area contributed by atoms with E-state index in [0.717, 1.165) is 12.8 Å². The van der Waals surface area contributed by atoms with Crippen LogP contribution in [0.5, 0.6) is 0 Å². The van der Waals surface area contributed by atoms with Crippen LogP contribution in [0.1, 0.15) is 25.7 Å². The number of anilines is 2. The van der Waals surface area contributed by atoms with Gasteiger partial charge in [-0.05, 0) is 31.7 Å². The fraction of sp³-hybridized carbons (Fsp3) is 0.583. The highest BCUT2D eigenvalue weighted by atomic mass is 16.6. The van der Waals surface area contributed by atoms with Crippen LogP contribution in [0.25, 0.3) is 0 Å². The average Bonchev–Trinajstić information content (AvgIpc) is 2.70. The van der Waals surface area contributed by atoms with Gasteiger partial charge in [0.1, 0.15) is 5.82 Å². The number of hydrogen-bond acceptors (Lipinski definition) is 7. The number of piperidine rings is 1. The zero-order valence-corrected chi connectivity index (χ0v) is 10.9. The van der Waals surface area contributed by atoms with Gasteiger partial charge in [0.25, 0.3) is 0 Å². The van der Waals surface area contributed by atoms with Crippen LogP contribution in [0.2, 0.25) is 0 Å². The first-order valence-corrected chi connectivity index (χ1v) is 6.68. The number of fused-ring (bicyclic) bond motifs is 2. The number of hydrogen-bond donors (Lipinski definition) is 3. The van der Waals surface area contributed by atoms with Gasteiger partial charge < -0.3 is 15.4 Å². The maximum atomic E-state index is 11.2. The molecular weight excluding hydrogens is 262 g/mol. The average molecular weight is 279 g/mol. The normalized spacial score (nSPS) is 28.5. The number of rotatable bonds is 3. The summed E-state index contributed by atoms with van der Waals surface area (Å²) in [7, 11) is 0. The molecule has 0 amide bonds. The standard InChI is InChI=1S/C12H17N5O3/c13-15-11-4-3-10(17(19)20)12(14-11)16-7-1-2-8(16)6-9(18)5-7/h3-4,7-9,18H,1-2,5-6,13H2,(H,14,15). The molecule has 1 aromatic heterocycles. The molecule has 2 fully saturated rings. The number of nitrogens with zero attached hydrogens (tertiary/aromatic N) is 3. The predicted molar refractivity (Wildman–Crippen MR) is 73.2 cm³/mol. The smallest absolute Gasteiger partial charge is 0.311 e. The van der Waals surface area contributed by atoms with E-state index < -0.39 is 4.92 Å². The minimum absolute atomic E-state index is 0.0164. The second kappa shape index (κ2) is 4.88. The van der Waals surface area contributed by atoms with E-state index in [1.807, 2.05) is 4.90 Å². The molecule has 0 radical (unpaired) electrons. The van der Waals surface area contributed by atoms with Crippen molar-refractivity contribution < 1.29 is 10.0 Å². The maximum Gasteiger partial charge on any atom is 0.311 e. The first-order valence-electron chi connectivity index (χ1n) is 6.68. The molecule has 8 heteroatoms. The highest BCUT2D eigenvalue weighted by Crippen LogP contribution is 2.42. The Balaban J connectivity index is 2.02. The first-order chi connectivity index (χ1) is 9.60. The molecule has 0 saturated carbocycles. The lowest BCUT2D eigenvalue weighted by Gasteiger charge is -2.37. The third-order valence-electron chi connectivity index (χ3n) is 4.15. The first kappa shape index (κ1) is 13.1. The van der Waals surface area contributed by atoms with Gasteiger partial charge in [0.15, 0.2) is 0 Å².